The van der Waals surface area contributed by atoms with E-state index in [0.717, 1.165) is 37.4 Å². The summed E-state index contributed by atoms with van der Waals surface area (Å²) in [5, 5.41) is 3.36. The molecule has 0 aliphatic carbocycles. The van der Waals surface area contributed by atoms with Crippen molar-refractivity contribution in [3.63, 3.8) is 0 Å². The maximum absolute atomic E-state index is 5.97. The zero-order chi connectivity index (χ0) is 14.6. The van der Waals surface area contributed by atoms with Crippen molar-refractivity contribution in [1.29, 1.82) is 0 Å². The first-order valence-corrected chi connectivity index (χ1v) is 8.08. The molecule has 1 unspecified atom stereocenters. The van der Waals surface area contributed by atoms with Crippen molar-refractivity contribution >= 4 is 0 Å². The van der Waals surface area contributed by atoms with Crippen molar-refractivity contribution in [3.05, 3.63) is 24.0 Å². The van der Waals surface area contributed by atoms with Gasteiger partial charge in [-0.25, -0.2) is 0 Å². The van der Waals surface area contributed by atoms with Crippen LogP contribution in [0.3, 0.4) is 0 Å². The molecule has 3 nitrogen and oxygen atoms in total. The molecule has 20 heavy (non-hydrogen) atoms. The van der Waals surface area contributed by atoms with E-state index in [1.165, 1.54) is 25.7 Å². The number of nitrogens with zero attached hydrogens (tertiary/aromatic N) is 1. The van der Waals surface area contributed by atoms with Crippen LogP contribution in [0.25, 0.3) is 0 Å². The van der Waals surface area contributed by atoms with Gasteiger partial charge in [-0.3, -0.25) is 4.98 Å². The Kier molecular flexibility index (Phi) is 9.05. The Bertz CT molecular complexity index is 355. The molecule has 0 saturated heterocycles. The van der Waals surface area contributed by atoms with Crippen molar-refractivity contribution in [3.8, 4) is 5.75 Å². The molecule has 0 amide bonds. The van der Waals surface area contributed by atoms with Crippen LogP contribution in [0.1, 0.15) is 65.0 Å². The van der Waals surface area contributed by atoms with E-state index in [2.05, 4.69) is 31.1 Å². The van der Waals surface area contributed by atoms with Crippen LogP contribution in [0, 0.1) is 0 Å². The zero-order valence-electron chi connectivity index (χ0n) is 13.3. The fraction of sp³-hybridized carbons (Fsp3) is 0.706. The van der Waals surface area contributed by atoms with E-state index in [9.17, 15) is 0 Å². The van der Waals surface area contributed by atoms with Crippen LogP contribution in [0.2, 0.25) is 0 Å². The van der Waals surface area contributed by atoms with Crippen LogP contribution >= 0.6 is 0 Å². The molecule has 0 aromatic carbocycles. The Morgan fingerprint density at radius 1 is 1.20 bits per heavy atom. The molecule has 0 spiro atoms. The number of pyridine rings is 1. The van der Waals surface area contributed by atoms with Crippen molar-refractivity contribution in [2.45, 2.75) is 71.9 Å². The Morgan fingerprint density at radius 3 is 2.80 bits per heavy atom. The minimum absolute atomic E-state index is 0.283. The fourth-order valence-electron chi connectivity index (χ4n) is 2.17. The maximum Gasteiger partial charge on any atom is 0.123 e. The van der Waals surface area contributed by atoms with Gasteiger partial charge in [-0.05, 0) is 38.8 Å². The Hall–Kier alpha value is -1.09. The maximum atomic E-state index is 5.97. The van der Waals surface area contributed by atoms with Crippen molar-refractivity contribution in [2.24, 2.45) is 0 Å². The summed E-state index contributed by atoms with van der Waals surface area (Å²) in [6, 6.07) is 4.00. The predicted molar refractivity (Wildman–Crippen MR) is 85.1 cm³/mol. The van der Waals surface area contributed by atoms with E-state index >= 15 is 0 Å². The van der Waals surface area contributed by atoms with Gasteiger partial charge in [0, 0.05) is 18.8 Å². The lowest BCUT2D eigenvalue weighted by Gasteiger charge is -2.15. The molecule has 0 radical (unpaired) electrons. The summed E-state index contributed by atoms with van der Waals surface area (Å²) in [4.78, 5) is 4.36. The van der Waals surface area contributed by atoms with E-state index in [0.29, 0.717) is 0 Å². The van der Waals surface area contributed by atoms with Crippen LogP contribution in [-0.2, 0) is 6.54 Å². The Labute approximate surface area is 124 Å². The van der Waals surface area contributed by atoms with Gasteiger partial charge >= 0.3 is 0 Å². The van der Waals surface area contributed by atoms with Crippen molar-refractivity contribution in [2.75, 3.05) is 6.54 Å². The first-order valence-electron chi connectivity index (χ1n) is 8.08. The van der Waals surface area contributed by atoms with Gasteiger partial charge in [0.25, 0.3) is 0 Å². The highest BCUT2D eigenvalue weighted by Crippen LogP contribution is 2.16. The van der Waals surface area contributed by atoms with Gasteiger partial charge in [0.1, 0.15) is 5.75 Å². The zero-order valence-corrected chi connectivity index (χ0v) is 13.3. The number of nitrogens with one attached hydrogen (secondary N) is 1. The SMILES string of the molecule is CCCCCCC(C)Oc1ccnc(CNCCC)c1. The molecular weight excluding hydrogens is 248 g/mol. The predicted octanol–water partition coefficient (Wildman–Crippen LogP) is 4.32. The third kappa shape index (κ3) is 7.49. The Balaban J connectivity index is 2.33. The molecule has 1 N–H and O–H groups in total. The minimum atomic E-state index is 0.283. The number of unbranched alkanes of at least 4 members (excludes halogenated alkanes) is 3. The summed E-state index contributed by atoms with van der Waals surface area (Å²) in [6.07, 6.45) is 9.57. The summed E-state index contributed by atoms with van der Waals surface area (Å²) in [6.45, 7) is 8.41. The summed E-state index contributed by atoms with van der Waals surface area (Å²) >= 11 is 0. The number of aromatic nitrogens is 1. The van der Waals surface area contributed by atoms with Gasteiger partial charge in [-0.2, -0.15) is 0 Å². The van der Waals surface area contributed by atoms with Gasteiger partial charge in [0.05, 0.1) is 11.8 Å². The highest BCUT2D eigenvalue weighted by molar-refractivity contribution is 5.22. The molecule has 1 aromatic heterocycles. The van der Waals surface area contributed by atoms with Crippen LogP contribution in [0.5, 0.6) is 5.75 Å². The fourth-order valence-corrected chi connectivity index (χ4v) is 2.17. The molecule has 1 heterocycles. The molecule has 0 fully saturated rings. The second-order valence-corrected chi connectivity index (χ2v) is 5.44. The number of ether oxygens (including phenoxy) is 1. The topological polar surface area (TPSA) is 34.1 Å². The van der Waals surface area contributed by atoms with Crippen LogP contribution < -0.4 is 10.1 Å². The summed E-state index contributed by atoms with van der Waals surface area (Å²) in [5.74, 6) is 0.941. The Morgan fingerprint density at radius 2 is 2.05 bits per heavy atom. The second-order valence-electron chi connectivity index (χ2n) is 5.44. The molecular formula is C17H30N2O. The summed E-state index contributed by atoms with van der Waals surface area (Å²) in [7, 11) is 0. The molecule has 1 aromatic rings. The summed E-state index contributed by atoms with van der Waals surface area (Å²) in [5.41, 5.74) is 1.05. The molecule has 0 bridgehead atoms. The van der Waals surface area contributed by atoms with E-state index in [4.69, 9.17) is 4.74 Å². The first kappa shape index (κ1) is 17.0. The lowest BCUT2D eigenvalue weighted by Crippen LogP contribution is -2.15. The van der Waals surface area contributed by atoms with Gasteiger partial charge in [-0.15, -0.1) is 0 Å². The monoisotopic (exact) mass is 278 g/mol. The molecule has 0 saturated carbocycles. The molecule has 1 rings (SSSR count). The van der Waals surface area contributed by atoms with Crippen LogP contribution in [0.15, 0.2) is 18.3 Å². The largest absolute Gasteiger partial charge is 0.491 e. The molecule has 0 aliphatic rings. The van der Waals surface area contributed by atoms with E-state index in [1.54, 1.807) is 0 Å². The van der Waals surface area contributed by atoms with Crippen LogP contribution in [0.4, 0.5) is 0 Å². The highest BCUT2D eigenvalue weighted by Gasteiger charge is 2.05. The lowest BCUT2D eigenvalue weighted by molar-refractivity contribution is 0.206. The molecule has 1 atom stereocenters. The lowest BCUT2D eigenvalue weighted by atomic mass is 10.1. The summed E-state index contributed by atoms with van der Waals surface area (Å²) < 4.78 is 5.97. The third-order valence-electron chi connectivity index (χ3n) is 3.32. The average molecular weight is 278 g/mol. The van der Waals surface area contributed by atoms with Crippen LogP contribution in [-0.4, -0.2) is 17.6 Å². The minimum Gasteiger partial charge on any atom is -0.491 e. The van der Waals surface area contributed by atoms with Gasteiger partial charge in [0.2, 0.25) is 0 Å². The second kappa shape index (κ2) is 10.7. The standard InChI is InChI=1S/C17H30N2O/c1-4-6-7-8-9-15(3)20-17-10-12-19-16(13-17)14-18-11-5-2/h10,12-13,15,18H,4-9,11,14H2,1-3H3. The highest BCUT2D eigenvalue weighted by atomic mass is 16.5. The van der Waals surface area contributed by atoms with Gasteiger partial charge in [0.15, 0.2) is 0 Å². The van der Waals surface area contributed by atoms with Gasteiger partial charge < -0.3 is 10.1 Å². The number of hydrogen-bond acceptors (Lipinski definition) is 3. The molecule has 3 heteroatoms. The van der Waals surface area contributed by atoms with E-state index in [-0.39, 0.29) is 6.10 Å². The third-order valence-corrected chi connectivity index (χ3v) is 3.32. The number of rotatable bonds is 11. The molecule has 0 aliphatic heterocycles. The quantitative estimate of drug-likeness (QED) is 0.612. The van der Waals surface area contributed by atoms with Crippen molar-refractivity contribution < 1.29 is 4.74 Å². The number of hydrogen-bond donors (Lipinski definition) is 1. The smallest absolute Gasteiger partial charge is 0.123 e. The van der Waals surface area contributed by atoms with Crippen molar-refractivity contribution in [1.82, 2.24) is 10.3 Å². The normalized spacial score (nSPS) is 12.3. The van der Waals surface area contributed by atoms with E-state index in [1.807, 2.05) is 18.3 Å². The average Bonchev–Trinajstić information content (AvgIpc) is 2.44. The van der Waals surface area contributed by atoms with Gasteiger partial charge in [-0.1, -0.05) is 33.1 Å². The molecule has 114 valence electrons. The van der Waals surface area contributed by atoms with E-state index < -0.39 is 0 Å². The first-order chi connectivity index (χ1) is 9.76.